The standard InChI is InChI=1S/C21H20N2O2S2/c1-13-14(2)26-21(17(13)19(22)24)23-20(25)18(15-9-5-3-6-10-15)27-16-11-7-4-8-12-16/h3-12,18H,1-2H3,(H2,22,24)(H,23,25)/t18-/m0/s1. The number of aryl methyl sites for hydroxylation is 1. The number of rotatable bonds is 6. The molecule has 0 saturated carbocycles. The fraction of sp³-hybridized carbons (Fsp3) is 0.143. The maximum Gasteiger partial charge on any atom is 0.251 e. The highest BCUT2D eigenvalue weighted by Gasteiger charge is 2.25. The smallest absolute Gasteiger partial charge is 0.251 e. The van der Waals surface area contributed by atoms with Gasteiger partial charge in [-0.2, -0.15) is 0 Å². The molecule has 0 fully saturated rings. The van der Waals surface area contributed by atoms with Crippen molar-refractivity contribution < 1.29 is 9.59 Å². The number of hydrogen-bond acceptors (Lipinski definition) is 4. The fourth-order valence-electron chi connectivity index (χ4n) is 2.73. The second kappa shape index (κ2) is 8.41. The van der Waals surface area contributed by atoms with Crippen LogP contribution in [0, 0.1) is 13.8 Å². The minimum Gasteiger partial charge on any atom is -0.365 e. The molecule has 0 unspecified atom stereocenters. The molecule has 3 rings (SSSR count). The summed E-state index contributed by atoms with van der Waals surface area (Å²) in [6.45, 7) is 3.75. The Labute approximate surface area is 166 Å². The number of carbonyl (C=O) groups excluding carboxylic acids is 2. The summed E-state index contributed by atoms with van der Waals surface area (Å²) in [6, 6.07) is 19.4. The molecular weight excluding hydrogens is 376 g/mol. The van der Waals surface area contributed by atoms with E-state index in [1.165, 1.54) is 23.1 Å². The van der Waals surface area contributed by atoms with E-state index in [0.29, 0.717) is 10.6 Å². The predicted molar refractivity (Wildman–Crippen MR) is 112 cm³/mol. The summed E-state index contributed by atoms with van der Waals surface area (Å²) in [4.78, 5) is 26.9. The molecular formula is C21H20N2O2S2. The van der Waals surface area contributed by atoms with Gasteiger partial charge in [0.15, 0.2) is 0 Å². The van der Waals surface area contributed by atoms with Crippen molar-refractivity contribution in [2.45, 2.75) is 24.0 Å². The molecule has 6 heteroatoms. The van der Waals surface area contributed by atoms with Crippen molar-refractivity contribution in [3.8, 4) is 0 Å². The number of benzene rings is 2. The SMILES string of the molecule is Cc1sc(NC(=O)[C@@H](Sc2ccccc2)c2ccccc2)c(C(N)=O)c1C. The molecule has 0 spiro atoms. The van der Waals surface area contributed by atoms with Crippen LogP contribution in [0.15, 0.2) is 65.6 Å². The lowest BCUT2D eigenvalue weighted by molar-refractivity contribution is -0.115. The van der Waals surface area contributed by atoms with Crippen LogP contribution in [-0.4, -0.2) is 11.8 Å². The molecule has 3 N–H and O–H groups in total. The zero-order valence-corrected chi connectivity index (χ0v) is 16.7. The van der Waals surface area contributed by atoms with Crippen LogP contribution in [0.1, 0.15) is 31.6 Å². The number of hydrogen-bond donors (Lipinski definition) is 2. The van der Waals surface area contributed by atoms with Crippen molar-refractivity contribution in [1.82, 2.24) is 0 Å². The molecule has 138 valence electrons. The first-order valence-electron chi connectivity index (χ1n) is 8.44. The van der Waals surface area contributed by atoms with Gasteiger partial charge in [-0.25, -0.2) is 0 Å². The summed E-state index contributed by atoms with van der Waals surface area (Å²) < 4.78 is 0. The molecule has 0 bridgehead atoms. The Morgan fingerprint density at radius 3 is 2.19 bits per heavy atom. The molecule has 0 aliphatic carbocycles. The van der Waals surface area contributed by atoms with Crippen LogP contribution in [-0.2, 0) is 4.79 Å². The lowest BCUT2D eigenvalue weighted by Crippen LogP contribution is -2.21. The second-order valence-corrected chi connectivity index (χ2v) is 8.47. The van der Waals surface area contributed by atoms with Crippen LogP contribution in [0.25, 0.3) is 0 Å². The molecule has 1 aromatic heterocycles. The second-order valence-electron chi connectivity index (χ2n) is 6.06. The Morgan fingerprint density at radius 1 is 1.00 bits per heavy atom. The summed E-state index contributed by atoms with van der Waals surface area (Å²) in [6.07, 6.45) is 0. The van der Waals surface area contributed by atoms with Crippen molar-refractivity contribution in [2.24, 2.45) is 5.73 Å². The third-order valence-corrected chi connectivity index (χ3v) is 6.59. The van der Waals surface area contributed by atoms with Gasteiger partial charge in [0.1, 0.15) is 10.3 Å². The minimum absolute atomic E-state index is 0.182. The minimum atomic E-state index is -0.529. The Kier molecular flexibility index (Phi) is 5.98. The molecule has 0 aliphatic rings. The van der Waals surface area contributed by atoms with Gasteiger partial charge in [0.05, 0.1) is 5.56 Å². The molecule has 1 heterocycles. The number of thiophene rings is 1. The molecule has 0 saturated heterocycles. The van der Waals surface area contributed by atoms with Crippen molar-refractivity contribution in [2.75, 3.05) is 5.32 Å². The molecule has 2 aromatic carbocycles. The molecule has 2 amide bonds. The summed E-state index contributed by atoms with van der Waals surface area (Å²) in [5, 5.41) is 2.99. The van der Waals surface area contributed by atoms with E-state index in [4.69, 9.17) is 5.73 Å². The molecule has 0 aliphatic heterocycles. The highest BCUT2D eigenvalue weighted by Crippen LogP contribution is 2.38. The third-order valence-electron chi connectivity index (χ3n) is 4.21. The van der Waals surface area contributed by atoms with Gasteiger partial charge in [-0.3, -0.25) is 9.59 Å². The van der Waals surface area contributed by atoms with Gasteiger partial charge in [0, 0.05) is 9.77 Å². The maximum atomic E-state index is 13.1. The van der Waals surface area contributed by atoms with Gasteiger partial charge in [-0.15, -0.1) is 23.1 Å². The van der Waals surface area contributed by atoms with E-state index >= 15 is 0 Å². The summed E-state index contributed by atoms with van der Waals surface area (Å²) in [5.41, 5.74) is 7.63. The zero-order chi connectivity index (χ0) is 19.4. The Bertz CT molecular complexity index is 953. The lowest BCUT2D eigenvalue weighted by atomic mass is 10.1. The molecule has 1 atom stereocenters. The van der Waals surface area contributed by atoms with Gasteiger partial charge < -0.3 is 11.1 Å². The average molecular weight is 397 g/mol. The van der Waals surface area contributed by atoms with Crippen LogP contribution in [0.3, 0.4) is 0 Å². The van der Waals surface area contributed by atoms with Gasteiger partial charge in [-0.05, 0) is 37.1 Å². The molecule has 4 nitrogen and oxygen atoms in total. The van der Waals surface area contributed by atoms with E-state index in [1.54, 1.807) is 0 Å². The van der Waals surface area contributed by atoms with Crippen LogP contribution in [0.2, 0.25) is 0 Å². The van der Waals surface area contributed by atoms with Crippen molar-refractivity contribution in [3.05, 3.63) is 82.2 Å². The summed E-state index contributed by atoms with van der Waals surface area (Å²) >= 11 is 2.85. The normalized spacial score (nSPS) is 11.8. The molecule has 3 aromatic rings. The topological polar surface area (TPSA) is 72.2 Å². The number of carbonyl (C=O) groups is 2. The monoisotopic (exact) mass is 396 g/mol. The van der Waals surface area contributed by atoms with E-state index in [2.05, 4.69) is 5.32 Å². The van der Waals surface area contributed by atoms with E-state index in [1.807, 2.05) is 74.5 Å². The summed E-state index contributed by atoms with van der Waals surface area (Å²) in [7, 11) is 0. The number of amides is 2. The van der Waals surface area contributed by atoms with E-state index in [0.717, 1.165) is 20.9 Å². The largest absolute Gasteiger partial charge is 0.365 e. The van der Waals surface area contributed by atoms with Crippen LogP contribution >= 0.6 is 23.1 Å². The van der Waals surface area contributed by atoms with E-state index in [-0.39, 0.29) is 5.91 Å². The number of nitrogens with two attached hydrogens (primary N) is 1. The predicted octanol–water partition coefficient (Wildman–Crippen LogP) is 4.94. The fourth-order valence-corrected chi connectivity index (χ4v) is 4.84. The Hall–Kier alpha value is -2.57. The first-order valence-corrected chi connectivity index (χ1v) is 10.1. The Balaban J connectivity index is 1.92. The molecule has 27 heavy (non-hydrogen) atoms. The number of thioether (sulfide) groups is 1. The zero-order valence-electron chi connectivity index (χ0n) is 15.1. The highest BCUT2D eigenvalue weighted by molar-refractivity contribution is 8.00. The Morgan fingerprint density at radius 2 is 1.59 bits per heavy atom. The van der Waals surface area contributed by atoms with Crippen molar-refractivity contribution in [1.29, 1.82) is 0 Å². The quantitative estimate of drug-likeness (QED) is 0.580. The van der Waals surface area contributed by atoms with Gasteiger partial charge >= 0.3 is 0 Å². The van der Waals surface area contributed by atoms with Crippen molar-refractivity contribution >= 4 is 39.9 Å². The summed E-state index contributed by atoms with van der Waals surface area (Å²) in [5.74, 6) is -0.710. The van der Waals surface area contributed by atoms with Crippen LogP contribution < -0.4 is 11.1 Å². The van der Waals surface area contributed by atoms with E-state index in [9.17, 15) is 9.59 Å². The van der Waals surface area contributed by atoms with E-state index < -0.39 is 11.2 Å². The van der Waals surface area contributed by atoms with Crippen molar-refractivity contribution in [3.63, 3.8) is 0 Å². The number of primary amides is 1. The highest BCUT2D eigenvalue weighted by atomic mass is 32.2. The van der Waals surface area contributed by atoms with Crippen LogP contribution in [0.5, 0.6) is 0 Å². The third kappa shape index (κ3) is 4.40. The van der Waals surface area contributed by atoms with Crippen LogP contribution in [0.4, 0.5) is 5.00 Å². The lowest BCUT2D eigenvalue weighted by Gasteiger charge is -2.17. The van der Waals surface area contributed by atoms with Gasteiger partial charge in [0.25, 0.3) is 5.91 Å². The number of anilines is 1. The number of nitrogens with one attached hydrogen (secondary N) is 1. The van der Waals surface area contributed by atoms with Gasteiger partial charge in [0.2, 0.25) is 5.91 Å². The average Bonchev–Trinajstić information content (AvgIpc) is 2.94. The first-order chi connectivity index (χ1) is 13.0. The molecule has 0 radical (unpaired) electrons. The first kappa shape index (κ1) is 19.2. The maximum absolute atomic E-state index is 13.1. The van der Waals surface area contributed by atoms with Gasteiger partial charge in [-0.1, -0.05) is 48.5 Å².